The summed E-state index contributed by atoms with van der Waals surface area (Å²) in [6, 6.07) is 7.88. The van der Waals surface area contributed by atoms with E-state index in [0.717, 1.165) is 11.8 Å². The van der Waals surface area contributed by atoms with Crippen molar-refractivity contribution in [2.75, 3.05) is 6.61 Å². The maximum Gasteiger partial charge on any atom is 0.442 e. The Balaban J connectivity index is 2.19. The summed E-state index contributed by atoms with van der Waals surface area (Å²) in [5.74, 6) is -0.909. The minimum Gasteiger partial charge on any atom is -0.446 e. The molecule has 1 saturated heterocycles. The molecular formula is C13H12F3NO3S. The summed E-state index contributed by atoms with van der Waals surface area (Å²) in [6.07, 6.45) is -0.913. The molecule has 114 valence electrons. The molecule has 1 aromatic carbocycles. The molecule has 0 N–H and O–H groups in total. The SMILES string of the molecule is CC(SC(F)(F)F)C(=O)N1C(=O)OC[C@H]1c1ccccc1. The van der Waals surface area contributed by atoms with Gasteiger partial charge in [0.05, 0.1) is 5.25 Å². The Hall–Kier alpha value is -1.70. The normalized spacial score (nSPS) is 20.3. The predicted molar refractivity (Wildman–Crippen MR) is 70.5 cm³/mol. The molecule has 1 aromatic rings. The number of hydrogen-bond acceptors (Lipinski definition) is 4. The second kappa shape index (κ2) is 5.97. The molecule has 1 aliphatic heterocycles. The fraction of sp³-hybridized carbons (Fsp3) is 0.385. The Morgan fingerprint density at radius 1 is 1.38 bits per heavy atom. The molecule has 0 spiro atoms. The van der Waals surface area contributed by atoms with Gasteiger partial charge < -0.3 is 4.74 Å². The monoisotopic (exact) mass is 319 g/mol. The first-order valence-corrected chi connectivity index (χ1v) is 6.97. The average molecular weight is 319 g/mol. The number of imide groups is 1. The van der Waals surface area contributed by atoms with E-state index in [2.05, 4.69) is 0 Å². The smallest absolute Gasteiger partial charge is 0.442 e. The number of alkyl halides is 3. The molecular weight excluding hydrogens is 307 g/mol. The van der Waals surface area contributed by atoms with Crippen molar-refractivity contribution in [1.29, 1.82) is 0 Å². The number of halogens is 3. The zero-order valence-corrected chi connectivity index (χ0v) is 11.8. The summed E-state index contributed by atoms with van der Waals surface area (Å²) < 4.78 is 41.8. The molecule has 1 fully saturated rings. The van der Waals surface area contributed by atoms with Gasteiger partial charge in [-0.1, -0.05) is 30.3 Å². The molecule has 0 saturated carbocycles. The number of rotatable bonds is 3. The van der Waals surface area contributed by atoms with E-state index in [1.807, 2.05) is 0 Å². The van der Waals surface area contributed by atoms with Crippen molar-refractivity contribution in [2.24, 2.45) is 0 Å². The van der Waals surface area contributed by atoms with Crippen LogP contribution in [0.3, 0.4) is 0 Å². The van der Waals surface area contributed by atoms with Gasteiger partial charge in [-0.05, 0) is 24.2 Å². The van der Waals surface area contributed by atoms with Gasteiger partial charge in [-0.15, -0.1) is 0 Å². The molecule has 2 rings (SSSR count). The molecule has 1 aliphatic rings. The zero-order chi connectivity index (χ0) is 15.6. The quantitative estimate of drug-likeness (QED) is 0.857. The third-order valence-corrected chi connectivity index (χ3v) is 3.78. The van der Waals surface area contributed by atoms with Gasteiger partial charge in [0.1, 0.15) is 12.6 Å². The van der Waals surface area contributed by atoms with Crippen LogP contribution in [0.2, 0.25) is 0 Å². The summed E-state index contributed by atoms with van der Waals surface area (Å²) in [4.78, 5) is 24.5. The van der Waals surface area contributed by atoms with Crippen molar-refractivity contribution in [3.63, 3.8) is 0 Å². The predicted octanol–water partition coefficient (Wildman–Crippen LogP) is 3.35. The molecule has 2 atom stereocenters. The number of carbonyl (C=O) groups excluding carboxylic acids is 2. The molecule has 2 amide bonds. The standard InChI is InChI=1S/C13H12F3NO3S/c1-8(21-13(14,15)16)11(18)17-10(7-20-12(17)19)9-5-3-2-4-6-9/h2-6,8,10H,7H2,1H3/t8?,10-/m0/s1. The summed E-state index contributed by atoms with van der Waals surface area (Å²) in [5, 5.41) is -1.41. The van der Waals surface area contributed by atoms with Crippen LogP contribution in [0.15, 0.2) is 30.3 Å². The van der Waals surface area contributed by atoms with E-state index in [0.29, 0.717) is 5.56 Å². The van der Waals surface area contributed by atoms with Gasteiger partial charge in [-0.2, -0.15) is 13.2 Å². The first-order chi connectivity index (χ1) is 9.79. The molecule has 21 heavy (non-hydrogen) atoms. The lowest BCUT2D eigenvalue weighted by atomic mass is 10.1. The second-order valence-corrected chi connectivity index (χ2v) is 5.82. The Labute approximate surface area is 123 Å². The van der Waals surface area contributed by atoms with Crippen LogP contribution < -0.4 is 0 Å². The molecule has 1 unspecified atom stereocenters. The van der Waals surface area contributed by atoms with Crippen molar-refractivity contribution in [3.8, 4) is 0 Å². The maximum atomic E-state index is 12.3. The van der Waals surface area contributed by atoms with Gasteiger partial charge in [0.2, 0.25) is 5.91 Å². The van der Waals surface area contributed by atoms with E-state index in [9.17, 15) is 22.8 Å². The number of benzene rings is 1. The van der Waals surface area contributed by atoms with Crippen LogP contribution >= 0.6 is 11.8 Å². The van der Waals surface area contributed by atoms with Gasteiger partial charge in [-0.3, -0.25) is 4.79 Å². The van der Waals surface area contributed by atoms with Crippen LogP contribution in [0.4, 0.5) is 18.0 Å². The van der Waals surface area contributed by atoms with Crippen molar-refractivity contribution < 1.29 is 27.5 Å². The van der Waals surface area contributed by atoms with Gasteiger partial charge in [0.15, 0.2) is 0 Å². The number of hydrogen-bond donors (Lipinski definition) is 0. The van der Waals surface area contributed by atoms with Crippen LogP contribution in [0.5, 0.6) is 0 Å². The third-order valence-electron chi connectivity index (χ3n) is 2.95. The molecule has 0 aromatic heterocycles. The summed E-state index contributed by atoms with van der Waals surface area (Å²) in [5.41, 5.74) is -3.90. The Bertz CT molecular complexity index is 535. The molecule has 4 nitrogen and oxygen atoms in total. The first kappa shape index (κ1) is 15.7. The Morgan fingerprint density at radius 3 is 2.57 bits per heavy atom. The maximum absolute atomic E-state index is 12.3. The van der Waals surface area contributed by atoms with Crippen molar-refractivity contribution in [2.45, 2.75) is 23.7 Å². The highest BCUT2D eigenvalue weighted by Crippen LogP contribution is 2.36. The number of amides is 2. The molecule has 1 heterocycles. The van der Waals surface area contributed by atoms with Gasteiger partial charge >= 0.3 is 11.6 Å². The van der Waals surface area contributed by atoms with Crippen molar-refractivity contribution in [1.82, 2.24) is 4.90 Å². The number of cyclic esters (lactones) is 1. The second-order valence-electron chi connectivity index (χ2n) is 4.42. The third kappa shape index (κ3) is 3.69. The lowest BCUT2D eigenvalue weighted by Crippen LogP contribution is -2.39. The lowest BCUT2D eigenvalue weighted by molar-refractivity contribution is -0.128. The van der Waals surface area contributed by atoms with Crippen molar-refractivity contribution in [3.05, 3.63) is 35.9 Å². The number of carbonyl (C=O) groups is 2. The fourth-order valence-electron chi connectivity index (χ4n) is 2.03. The van der Waals surface area contributed by atoms with E-state index in [1.54, 1.807) is 30.3 Å². The molecule has 8 heteroatoms. The number of nitrogens with zero attached hydrogens (tertiary/aromatic N) is 1. The lowest BCUT2D eigenvalue weighted by Gasteiger charge is -2.23. The molecule has 0 bridgehead atoms. The van der Waals surface area contributed by atoms with Crippen LogP contribution in [0, 0.1) is 0 Å². The van der Waals surface area contributed by atoms with Crippen LogP contribution in [0.1, 0.15) is 18.5 Å². The van der Waals surface area contributed by atoms with Crippen LogP contribution in [-0.4, -0.2) is 34.3 Å². The van der Waals surface area contributed by atoms with E-state index in [1.165, 1.54) is 0 Å². The minimum atomic E-state index is -4.54. The average Bonchev–Trinajstić information content (AvgIpc) is 2.79. The highest BCUT2D eigenvalue weighted by atomic mass is 32.2. The topological polar surface area (TPSA) is 46.6 Å². The fourth-order valence-corrected chi connectivity index (χ4v) is 2.65. The van der Waals surface area contributed by atoms with Gasteiger partial charge in [0.25, 0.3) is 0 Å². The van der Waals surface area contributed by atoms with E-state index in [4.69, 9.17) is 4.74 Å². The van der Waals surface area contributed by atoms with Crippen LogP contribution in [0.25, 0.3) is 0 Å². The molecule has 0 radical (unpaired) electrons. The van der Waals surface area contributed by atoms with E-state index >= 15 is 0 Å². The van der Waals surface area contributed by atoms with Crippen LogP contribution in [-0.2, 0) is 9.53 Å². The highest BCUT2D eigenvalue weighted by Gasteiger charge is 2.43. The van der Waals surface area contributed by atoms with Crippen molar-refractivity contribution >= 4 is 23.8 Å². The largest absolute Gasteiger partial charge is 0.446 e. The van der Waals surface area contributed by atoms with E-state index in [-0.39, 0.29) is 6.61 Å². The summed E-state index contributed by atoms with van der Waals surface area (Å²) in [7, 11) is 0. The first-order valence-electron chi connectivity index (χ1n) is 6.09. The van der Waals surface area contributed by atoms with E-state index < -0.39 is 40.6 Å². The highest BCUT2D eigenvalue weighted by molar-refractivity contribution is 8.01. The molecule has 0 aliphatic carbocycles. The number of thioether (sulfide) groups is 1. The summed E-state index contributed by atoms with van der Waals surface area (Å²) >= 11 is -0.448. The minimum absolute atomic E-state index is 0.0575. The zero-order valence-electron chi connectivity index (χ0n) is 11.0. The van der Waals surface area contributed by atoms with Gasteiger partial charge in [0, 0.05) is 0 Å². The number of ether oxygens (including phenoxy) is 1. The Morgan fingerprint density at radius 2 is 2.00 bits per heavy atom. The Kier molecular flexibility index (Phi) is 4.46. The summed E-state index contributed by atoms with van der Waals surface area (Å²) in [6.45, 7) is 1.06. The van der Waals surface area contributed by atoms with Gasteiger partial charge in [-0.25, -0.2) is 9.69 Å².